The summed E-state index contributed by atoms with van der Waals surface area (Å²) in [6.45, 7) is 9.62. The molecule has 220 valence electrons. The Bertz CT molecular complexity index is 2080. The molecule has 45 heavy (non-hydrogen) atoms. The molecule has 0 spiro atoms. The van der Waals surface area contributed by atoms with Crippen molar-refractivity contribution in [3.8, 4) is 22.3 Å². The Morgan fingerprint density at radius 1 is 0.511 bits per heavy atom. The third-order valence-electron chi connectivity index (χ3n) is 10.3. The molecule has 2 heteroatoms. The van der Waals surface area contributed by atoms with Crippen molar-refractivity contribution in [1.29, 1.82) is 0 Å². The second-order valence-electron chi connectivity index (χ2n) is 13.4. The van der Waals surface area contributed by atoms with E-state index in [-0.39, 0.29) is 17.3 Å². The van der Waals surface area contributed by atoms with Gasteiger partial charge in [0.15, 0.2) is 0 Å². The summed E-state index contributed by atoms with van der Waals surface area (Å²) in [5.74, 6) is 0.552. The van der Waals surface area contributed by atoms with E-state index >= 15 is 0 Å². The molecule has 0 radical (unpaired) electrons. The Morgan fingerprint density at radius 2 is 0.911 bits per heavy atom. The van der Waals surface area contributed by atoms with Crippen LogP contribution in [0.15, 0.2) is 129 Å². The predicted octanol–water partition coefficient (Wildman–Crippen LogP) is 13.6. The molecule has 0 nitrogen and oxygen atoms in total. The third-order valence-corrected chi connectivity index (χ3v) is 11.6. The van der Waals surface area contributed by atoms with E-state index in [1.807, 2.05) is 0 Å². The van der Waals surface area contributed by atoms with Crippen LogP contribution in [0.5, 0.6) is 0 Å². The van der Waals surface area contributed by atoms with E-state index < -0.39 is 0 Å². The van der Waals surface area contributed by atoms with Crippen molar-refractivity contribution in [3.63, 3.8) is 0 Å². The Hall–Kier alpha value is -3.72. The molecule has 2 aliphatic carbocycles. The lowest BCUT2D eigenvalue weighted by Crippen LogP contribution is -2.30. The monoisotopic (exact) mass is 708 g/mol. The van der Waals surface area contributed by atoms with Gasteiger partial charge in [0.2, 0.25) is 0 Å². The van der Waals surface area contributed by atoms with Crippen LogP contribution in [-0.2, 0) is 0 Å². The Balaban J connectivity index is 1.27. The van der Waals surface area contributed by atoms with Crippen molar-refractivity contribution in [2.75, 3.05) is 0 Å². The number of allylic oxidation sites excluding steroid dienone is 2. The van der Waals surface area contributed by atoms with Gasteiger partial charge in [0, 0.05) is 20.8 Å². The quantitative estimate of drug-likeness (QED) is 0.171. The highest BCUT2D eigenvalue weighted by atomic mass is 79.9. The fourth-order valence-electron chi connectivity index (χ4n) is 8.58. The topological polar surface area (TPSA) is 0 Å². The predicted molar refractivity (Wildman–Crippen MR) is 201 cm³/mol. The minimum atomic E-state index is -0.0781. The molecule has 0 heterocycles. The van der Waals surface area contributed by atoms with Gasteiger partial charge in [-0.15, -0.1) is 0 Å². The first-order chi connectivity index (χ1) is 21.7. The highest BCUT2D eigenvalue weighted by molar-refractivity contribution is 9.10. The number of fused-ring (bicyclic) bond motifs is 4. The van der Waals surface area contributed by atoms with Crippen LogP contribution >= 0.6 is 31.9 Å². The molecule has 0 N–H and O–H groups in total. The number of hydrogen-bond acceptors (Lipinski definition) is 0. The van der Waals surface area contributed by atoms with E-state index in [0.717, 1.165) is 0 Å². The van der Waals surface area contributed by atoms with Crippen LogP contribution in [-0.4, -0.2) is 0 Å². The zero-order chi connectivity index (χ0) is 31.0. The highest BCUT2D eigenvalue weighted by Gasteiger charge is 2.46. The second kappa shape index (κ2) is 10.7. The second-order valence-corrected chi connectivity index (χ2v) is 15.1. The van der Waals surface area contributed by atoms with Crippen molar-refractivity contribution in [3.05, 3.63) is 152 Å². The van der Waals surface area contributed by atoms with Crippen molar-refractivity contribution < 1.29 is 0 Å². The van der Waals surface area contributed by atoms with Crippen LogP contribution in [0.4, 0.5) is 0 Å². The summed E-state index contributed by atoms with van der Waals surface area (Å²) in [5, 5.41) is 5.13. The average molecular weight is 711 g/mol. The highest BCUT2D eigenvalue weighted by Crippen LogP contribution is 2.60. The summed E-state index contributed by atoms with van der Waals surface area (Å²) in [6.07, 6.45) is 4.83. The molecule has 6 aromatic rings. The molecular weight excluding hydrogens is 676 g/mol. The summed E-state index contributed by atoms with van der Waals surface area (Å²) in [5.41, 5.74) is 13.3. The first-order valence-electron chi connectivity index (χ1n) is 15.7. The van der Waals surface area contributed by atoms with Gasteiger partial charge in [0.05, 0.1) is 0 Å². The molecule has 8 rings (SSSR count). The average Bonchev–Trinajstić information content (AvgIpc) is 3.57. The molecule has 0 bridgehead atoms. The first-order valence-corrected chi connectivity index (χ1v) is 17.3. The molecule has 0 saturated heterocycles. The molecule has 2 unspecified atom stereocenters. The van der Waals surface area contributed by atoms with Crippen LogP contribution < -0.4 is 0 Å². The minimum Gasteiger partial charge on any atom is -0.0646 e. The maximum absolute atomic E-state index is 4.00. The summed E-state index contributed by atoms with van der Waals surface area (Å²) in [6, 6.07) is 40.3. The normalized spacial score (nSPS) is 17.4. The number of hydrogen-bond donors (Lipinski definition) is 0. The van der Waals surface area contributed by atoms with E-state index in [9.17, 15) is 0 Å². The van der Waals surface area contributed by atoms with E-state index in [2.05, 4.69) is 181 Å². The minimum absolute atomic E-state index is 0.0781. The number of benzene rings is 6. The summed E-state index contributed by atoms with van der Waals surface area (Å²) in [7, 11) is 0. The molecule has 6 aromatic carbocycles. The van der Waals surface area contributed by atoms with Crippen LogP contribution in [0.3, 0.4) is 0 Å². The Labute approximate surface area is 282 Å². The lowest BCUT2D eigenvalue weighted by atomic mass is 9.62. The molecule has 2 aliphatic rings. The zero-order valence-corrected chi connectivity index (χ0v) is 29.1. The maximum atomic E-state index is 4.00. The van der Waals surface area contributed by atoms with Gasteiger partial charge >= 0.3 is 0 Å². The fraction of sp³-hybridized carbons (Fsp3) is 0.163. The van der Waals surface area contributed by atoms with Gasteiger partial charge in [-0.3, -0.25) is 0 Å². The van der Waals surface area contributed by atoms with Crippen LogP contribution in [0, 0.1) is 5.41 Å². The molecule has 0 fully saturated rings. The summed E-state index contributed by atoms with van der Waals surface area (Å²) >= 11 is 8.01. The standard InChI is InChI=1S/C43H34Br2/c1-25-19-35-37(21-29(23-39(35)44)33-17-9-13-27-11-5-7-15-31(27)33)41(25)43(3,4)42-26(2)20-36-38(42)22-30(24-40(36)45)34-18-10-14-28-12-6-8-16-32(28)34/h5-24,41-42H,1-4H3. The van der Waals surface area contributed by atoms with Crippen molar-refractivity contribution in [1.82, 2.24) is 0 Å². The number of rotatable bonds is 4. The van der Waals surface area contributed by atoms with E-state index in [1.54, 1.807) is 0 Å². The molecular formula is C43H34Br2. The lowest BCUT2D eigenvalue weighted by molar-refractivity contribution is 0.275. The van der Waals surface area contributed by atoms with Gasteiger partial charge in [0.25, 0.3) is 0 Å². The lowest BCUT2D eigenvalue weighted by Gasteiger charge is -2.41. The van der Waals surface area contributed by atoms with Gasteiger partial charge in [-0.1, -0.05) is 154 Å². The summed E-state index contributed by atoms with van der Waals surface area (Å²) < 4.78 is 2.33. The molecule has 0 aliphatic heterocycles. The van der Waals surface area contributed by atoms with Gasteiger partial charge in [-0.25, -0.2) is 0 Å². The fourth-order valence-corrected chi connectivity index (χ4v) is 9.76. The Kier molecular flexibility index (Phi) is 6.82. The van der Waals surface area contributed by atoms with Gasteiger partial charge in [-0.2, -0.15) is 0 Å². The SMILES string of the molecule is CC1=Cc2c(Br)cc(-c3cccc4ccccc34)cc2C1C(C)(C)C1C(C)=Cc2c(Br)cc(-c3cccc4ccccc34)cc21. The first kappa shape index (κ1) is 28.7. The maximum Gasteiger partial charge on any atom is 0.0256 e. The van der Waals surface area contributed by atoms with Crippen molar-refractivity contribution in [2.24, 2.45) is 5.41 Å². The Morgan fingerprint density at radius 3 is 1.36 bits per heavy atom. The van der Waals surface area contributed by atoms with Crippen LogP contribution in [0.25, 0.3) is 56.0 Å². The van der Waals surface area contributed by atoms with Gasteiger partial charge < -0.3 is 0 Å². The van der Waals surface area contributed by atoms with E-state index in [1.165, 1.54) is 86.1 Å². The van der Waals surface area contributed by atoms with Gasteiger partial charge in [-0.05, 0) is 110 Å². The number of halogens is 2. The smallest absolute Gasteiger partial charge is 0.0256 e. The van der Waals surface area contributed by atoms with E-state index in [0.29, 0.717) is 0 Å². The molecule has 2 atom stereocenters. The molecule has 0 saturated carbocycles. The zero-order valence-electron chi connectivity index (χ0n) is 26.0. The van der Waals surface area contributed by atoms with E-state index in [4.69, 9.17) is 0 Å². The van der Waals surface area contributed by atoms with Crippen molar-refractivity contribution >= 4 is 65.6 Å². The van der Waals surface area contributed by atoms with Crippen molar-refractivity contribution in [2.45, 2.75) is 39.5 Å². The molecule has 0 amide bonds. The van der Waals surface area contributed by atoms with Gasteiger partial charge in [0.1, 0.15) is 0 Å². The van der Waals surface area contributed by atoms with Crippen LogP contribution in [0.2, 0.25) is 0 Å². The molecule has 0 aromatic heterocycles. The largest absolute Gasteiger partial charge is 0.0646 e. The summed E-state index contributed by atoms with van der Waals surface area (Å²) in [4.78, 5) is 0. The third kappa shape index (κ3) is 4.52. The van der Waals surface area contributed by atoms with Crippen LogP contribution in [0.1, 0.15) is 61.8 Å².